The number of halogens is 1. The number of nitrogens with zero attached hydrogens (tertiary/aromatic N) is 3. The van der Waals surface area contributed by atoms with Crippen LogP contribution in [0.25, 0.3) is 11.0 Å². The number of carbonyl (C=O) groups excluding carboxylic acids is 1. The van der Waals surface area contributed by atoms with Crippen LogP contribution in [0.3, 0.4) is 0 Å². The molecule has 1 saturated heterocycles. The summed E-state index contributed by atoms with van der Waals surface area (Å²) in [5, 5.41) is 0. The monoisotopic (exact) mass is 363 g/mol. The van der Waals surface area contributed by atoms with Crippen molar-refractivity contribution in [1.29, 1.82) is 0 Å². The number of fused-ring (bicyclic) bond motifs is 1. The molecule has 136 valence electrons. The molecule has 2 aromatic rings. The molecule has 0 bridgehead atoms. The van der Waals surface area contributed by atoms with Gasteiger partial charge in [0.05, 0.1) is 16.9 Å². The Morgan fingerprint density at radius 3 is 2.84 bits per heavy atom. The highest BCUT2D eigenvalue weighted by Crippen LogP contribution is 2.24. The van der Waals surface area contributed by atoms with E-state index in [-0.39, 0.29) is 6.09 Å². The molecule has 2 heterocycles. The molecule has 3 rings (SSSR count). The maximum atomic E-state index is 12.4. The number of aromatic nitrogens is 2. The maximum Gasteiger partial charge on any atom is 0.410 e. The number of alkyl halides is 1. The first-order valence-electron chi connectivity index (χ1n) is 8.85. The van der Waals surface area contributed by atoms with E-state index in [1.165, 1.54) is 0 Å². The lowest BCUT2D eigenvalue weighted by molar-refractivity contribution is 0.0157. The van der Waals surface area contributed by atoms with Crippen LogP contribution in [0.15, 0.2) is 24.3 Å². The molecule has 0 aliphatic carbocycles. The molecule has 1 unspecified atom stereocenters. The number of hydrogen-bond acceptors (Lipinski definition) is 3. The van der Waals surface area contributed by atoms with Crippen LogP contribution in [-0.2, 0) is 17.2 Å². The molecule has 5 nitrogen and oxygen atoms in total. The molecule has 1 amide bonds. The van der Waals surface area contributed by atoms with Gasteiger partial charge in [-0.1, -0.05) is 12.1 Å². The molecular formula is C19H26ClN3O2. The molecule has 1 fully saturated rings. The van der Waals surface area contributed by atoms with Crippen molar-refractivity contribution in [2.75, 3.05) is 13.1 Å². The minimum Gasteiger partial charge on any atom is -0.444 e. The lowest BCUT2D eigenvalue weighted by Gasteiger charge is -2.34. The van der Waals surface area contributed by atoms with Gasteiger partial charge in [-0.3, -0.25) is 0 Å². The number of hydrogen-bond donors (Lipinski definition) is 0. The minimum atomic E-state index is -0.462. The van der Waals surface area contributed by atoms with E-state index in [2.05, 4.69) is 15.6 Å². The zero-order valence-corrected chi connectivity index (χ0v) is 15.9. The Bertz CT molecular complexity index is 751. The predicted octanol–water partition coefficient (Wildman–Crippen LogP) is 4.42. The van der Waals surface area contributed by atoms with Crippen LogP contribution in [0, 0.1) is 5.92 Å². The molecule has 1 aliphatic rings. The van der Waals surface area contributed by atoms with Crippen LogP contribution < -0.4 is 0 Å². The van der Waals surface area contributed by atoms with Gasteiger partial charge in [-0.15, -0.1) is 11.6 Å². The number of amides is 1. The van der Waals surface area contributed by atoms with E-state index in [4.69, 9.17) is 16.3 Å². The summed E-state index contributed by atoms with van der Waals surface area (Å²) in [6.07, 6.45) is 1.87. The highest BCUT2D eigenvalue weighted by atomic mass is 35.5. The van der Waals surface area contributed by atoms with Gasteiger partial charge in [0.25, 0.3) is 0 Å². The Morgan fingerprint density at radius 1 is 1.36 bits per heavy atom. The van der Waals surface area contributed by atoms with Crippen molar-refractivity contribution in [2.24, 2.45) is 5.92 Å². The van der Waals surface area contributed by atoms with Crippen LogP contribution in [0.1, 0.15) is 39.4 Å². The van der Waals surface area contributed by atoms with Crippen molar-refractivity contribution in [1.82, 2.24) is 14.5 Å². The average Bonchev–Trinajstić information content (AvgIpc) is 2.91. The second kappa shape index (κ2) is 7.24. The number of carbonyl (C=O) groups is 1. The SMILES string of the molecule is CC(C)(C)OC(=O)N1CCCC(Cn2c(CCl)nc3ccccc32)C1. The number of benzene rings is 1. The lowest BCUT2D eigenvalue weighted by Crippen LogP contribution is -2.43. The van der Waals surface area contributed by atoms with E-state index in [9.17, 15) is 4.79 Å². The molecule has 1 aromatic heterocycles. The van der Waals surface area contributed by atoms with Gasteiger partial charge in [0.15, 0.2) is 0 Å². The van der Waals surface area contributed by atoms with E-state index in [0.717, 1.165) is 42.8 Å². The van der Waals surface area contributed by atoms with Gasteiger partial charge >= 0.3 is 6.09 Å². The summed E-state index contributed by atoms with van der Waals surface area (Å²) < 4.78 is 7.72. The second-order valence-electron chi connectivity index (χ2n) is 7.70. The zero-order chi connectivity index (χ0) is 18.0. The first-order valence-corrected chi connectivity index (χ1v) is 9.39. The molecule has 0 N–H and O–H groups in total. The number of piperidine rings is 1. The summed E-state index contributed by atoms with van der Waals surface area (Å²) in [5.74, 6) is 1.65. The Hall–Kier alpha value is -1.75. The molecule has 1 aliphatic heterocycles. The first-order chi connectivity index (χ1) is 11.9. The van der Waals surface area contributed by atoms with Crippen molar-refractivity contribution < 1.29 is 9.53 Å². The van der Waals surface area contributed by atoms with Gasteiger partial charge in [-0.05, 0) is 51.7 Å². The second-order valence-corrected chi connectivity index (χ2v) is 7.96. The van der Waals surface area contributed by atoms with Crippen molar-refractivity contribution in [3.8, 4) is 0 Å². The molecule has 0 spiro atoms. The van der Waals surface area contributed by atoms with Gasteiger partial charge < -0.3 is 14.2 Å². The van der Waals surface area contributed by atoms with E-state index < -0.39 is 5.60 Å². The van der Waals surface area contributed by atoms with Crippen LogP contribution in [0.5, 0.6) is 0 Å². The fourth-order valence-electron chi connectivity index (χ4n) is 3.40. The van der Waals surface area contributed by atoms with E-state index in [1.807, 2.05) is 43.9 Å². The van der Waals surface area contributed by atoms with Gasteiger partial charge in [0.1, 0.15) is 11.4 Å². The normalized spacial score (nSPS) is 18.6. The smallest absolute Gasteiger partial charge is 0.410 e. The summed E-state index contributed by atoms with van der Waals surface area (Å²) in [6, 6.07) is 8.09. The third kappa shape index (κ3) is 4.27. The largest absolute Gasteiger partial charge is 0.444 e. The van der Waals surface area contributed by atoms with Crippen molar-refractivity contribution in [3.05, 3.63) is 30.1 Å². The van der Waals surface area contributed by atoms with Crippen molar-refractivity contribution in [2.45, 2.75) is 51.6 Å². The Kier molecular flexibility index (Phi) is 5.23. The summed E-state index contributed by atoms with van der Waals surface area (Å²) in [7, 11) is 0. The summed E-state index contributed by atoms with van der Waals surface area (Å²) >= 11 is 6.11. The molecule has 25 heavy (non-hydrogen) atoms. The molecule has 0 saturated carbocycles. The topological polar surface area (TPSA) is 47.4 Å². The van der Waals surface area contributed by atoms with E-state index >= 15 is 0 Å². The van der Waals surface area contributed by atoms with Gasteiger partial charge in [-0.25, -0.2) is 9.78 Å². The Labute approximate surface area is 153 Å². The third-order valence-corrected chi connectivity index (χ3v) is 4.70. The van der Waals surface area contributed by atoms with E-state index in [0.29, 0.717) is 18.3 Å². The van der Waals surface area contributed by atoms with Crippen molar-refractivity contribution in [3.63, 3.8) is 0 Å². The van der Waals surface area contributed by atoms with Crippen LogP contribution in [-0.4, -0.2) is 39.2 Å². The maximum absolute atomic E-state index is 12.4. The quantitative estimate of drug-likeness (QED) is 0.758. The average molecular weight is 364 g/mol. The number of likely N-dealkylation sites (tertiary alicyclic amines) is 1. The van der Waals surface area contributed by atoms with Crippen LogP contribution in [0.4, 0.5) is 4.79 Å². The third-order valence-electron chi connectivity index (χ3n) is 4.46. The highest BCUT2D eigenvalue weighted by molar-refractivity contribution is 6.16. The first kappa shape index (κ1) is 18.1. The number of imidazole rings is 1. The van der Waals surface area contributed by atoms with Gasteiger partial charge in [0, 0.05) is 19.6 Å². The zero-order valence-electron chi connectivity index (χ0n) is 15.2. The van der Waals surface area contributed by atoms with Crippen LogP contribution >= 0.6 is 11.6 Å². The van der Waals surface area contributed by atoms with E-state index in [1.54, 1.807) is 0 Å². The summed E-state index contributed by atoms with van der Waals surface area (Å²) in [4.78, 5) is 18.8. The molecule has 1 aromatic carbocycles. The standard InChI is InChI=1S/C19H26ClN3O2/c1-19(2,3)25-18(24)22-10-6-7-14(12-22)13-23-16-9-5-4-8-15(16)21-17(23)11-20/h4-5,8-9,14H,6-7,10-13H2,1-3H3. The molecule has 0 radical (unpaired) electrons. The molecule has 1 atom stereocenters. The highest BCUT2D eigenvalue weighted by Gasteiger charge is 2.28. The summed E-state index contributed by atoms with van der Waals surface area (Å²) in [5.41, 5.74) is 1.61. The van der Waals surface area contributed by atoms with Crippen LogP contribution in [0.2, 0.25) is 0 Å². The number of rotatable bonds is 3. The lowest BCUT2D eigenvalue weighted by atomic mass is 9.98. The predicted molar refractivity (Wildman–Crippen MR) is 99.8 cm³/mol. The number of ether oxygens (including phenoxy) is 1. The fraction of sp³-hybridized carbons (Fsp3) is 0.579. The minimum absolute atomic E-state index is 0.217. The Morgan fingerprint density at radius 2 is 2.12 bits per heavy atom. The van der Waals surface area contributed by atoms with Gasteiger partial charge in [-0.2, -0.15) is 0 Å². The number of para-hydroxylation sites is 2. The Balaban J connectivity index is 1.74. The van der Waals surface area contributed by atoms with Gasteiger partial charge in [0.2, 0.25) is 0 Å². The van der Waals surface area contributed by atoms with Crippen molar-refractivity contribution >= 4 is 28.7 Å². The molecular weight excluding hydrogens is 338 g/mol. The summed E-state index contributed by atoms with van der Waals surface area (Å²) in [6.45, 7) is 7.99. The fourth-order valence-corrected chi connectivity index (χ4v) is 3.60. The molecule has 6 heteroatoms.